The summed E-state index contributed by atoms with van der Waals surface area (Å²) in [5, 5.41) is 3.90. The topological polar surface area (TPSA) is 50.7 Å². The maximum absolute atomic E-state index is 11.5. The van der Waals surface area contributed by atoms with Crippen molar-refractivity contribution >= 4 is 11.6 Å². The van der Waals surface area contributed by atoms with E-state index < -0.39 is 0 Å². The van der Waals surface area contributed by atoms with Gasteiger partial charge >= 0.3 is 0 Å². The summed E-state index contributed by atoms with van der Waals surface area (Å²) in [4.78, 5) is 11.5. The zero-order valence-electron chi connectivity index (χ0n) is 8.65. The number of hydrazone groups is 1. The number of ether oxygens (including phenoxy) is 1. The van der Waals surface area contributed by atoms with Crippen LogP contribution >= 0.6 is 0 Å². The van der Waals surface area contributed by atoms with Crippen LogP contribution in [0.5, 0.6) is 5.75 Å². The smallest absolute Gasteiger partial charge is 0.253 e. The van der Waals surface area contributed by atoms with Crippen LogP contribution in [0.3, 0.4) is 0 Å². The molecule has 0 aromatic heterocycles. The fourth-order valence-corrected chi connectivity index (χ4v) is 1.65. The molecule has 0 saturated heterocycles. The molecule has 4 nitrogen and oxygen atoms in total. The number of rotatable bonds is 2. The van der Waals surface area contributed by atoms with Crippen LogP contribution in [0.2, 0.25) is 0 Å². The van der Waals surface area contributed by atoms with Gasteiger partial charge in [-0.05, 0) is 24.6 Å². The van der Waals surface area contributed by atoms with Gasteiger partial charge < -0.3 is 4.74 Å². The summed E-state index contributed by atoms with van der Waals surface area (Å²) >= 11 is 0. The molecule has 1 atom stereocenters. The van der Waals surface area contributed by atoms with Crippen molar-refractivity contribution in [2.45, 2.75) is 12.8 Å². The molecular weight excluding hydrogens is 192 g/mol. The minimum absolute atomic E-state index is 0.0716. The van der Waals surface area contributed by atoms with E-state index in [2.05, 4.69) is 10.5 Å². The number of carbonyl (C=O) groups is 1. The quantitative estimate of drug-likeness (QED) is 0.789. The predicted molar refractivity (Wildman–Crippen MR) is 57.0 cm³/mol. The monoisotopic (exact) mass is 204 g/mol. The third-order valence-corrected chi connectivity index (χ3v) is 2.47. The molecule has 4 heteroatoms. The second-order valence-corrected chi connectivity index (χ2v) is 3.44. The largest absolute Gasteiger partial charge is 0.497 e. The first-order valence-corrected chi connectivity index (χ1v) is 4.70. The Bertz CT molecular complexity index is 409. The molecular formula is C11H12N2O2. The van der Waals surface area contributed by atoms with Crippen LogP contribution in [0.1, 0.15) is 18.4 Å². The lowest BCUT2D eigenvalue weighted by atomic mass is 9.95. The summed E-state index contributed by atoms with van der Waals surface area (Å²) in [5.41, 5.74) is 4.20. The highest BCUT2D eigenvalue weighted by Gasteiger charge is 2.28. The number of hydrogen-bond donors (Lipinski definition) is 1. The molecule has 1 aromatic carbocycles. The molecule has 0 fully saturated rings. The number of amides is 1. The number of methoxy groups -OCH3 is 1. The summed E-state index contributed by atoms with van der Waals surface area (Å²) in [6.07, 6.45) is 0. The van der Waals surface area contributed by atoms with Crippen molar-refractivity contribution in [3.05, 3.63) is 29.8 Å². The molecule has 2 rings (SSSR count). The van der Waals surface area contributed by atoms with Crippen molar-refractivity contribution in [3.63, 3.8) is 0 Å². The van der Waals surface area contributed by atoms with Gasteiger partial charge in [0.15, 0.2) is 0 Å². The Kier molecular flexibility index (Phi) is 2.41. The molecule has 1 unspecified atom stereocenters. The Morgan fingerprint density at radius 2 is 2.00 bits per heavy atom. The van der Waals surface area contributed by atoms with Gasteiger partial charge in [-0.3, -0.25) is 4.79 Å². The van der Waals surface area contributed by atoms with E-state index >= 15 is 0 Å². The number of carbonyl (C=O) groups excluding carboxylic acids is 1. The first-order valence-electron chi connectivity index (χ1n) is 4.70. The Hall–Kier alpha value is -1.84. The number of benzene rings is 1. The van der Waals surface area contributed by atoms with Gasteiger partial charge in [-0.15, -0.1) is 0 Å². The Balaban J connectivity index is 2.29. The molecule has 0 saturated carbocycles. The van der Waals surface area contributed by atoms with E-state index in [4.69, 9.17) is 4.74 Å². The van der Waals surface area contributed by atoms with E-state index in [1.165, 1.54) is 0 Å². The number of nitrogens with zero attached hydrogens (tertiary/aromatic N) is 1. The summed E-state index contributed by atoms with van der Waals surface area (Å²) in [6.45, 7) is 1.84. The fraction of sp³-hybridized carbons (Fsp3) is 0.273. The van der Waals surface area contributed by atoms with Crippen LogP contribution in [-0.2, 0) is 4.79 Å². The predicted octanol–water partition coefficient (Wildman–Crippen LogP) is 1.28. The molecule has 0 bridgehead atoms. The molecule has 1 aliphatic heterocycles. The van der Waals surface area contributed by atoms with Crippen LogP contribution in [0.15, 0.2) is 29.4 Å². The third kappa shape index (κ3) is 1.70. The maximum Gasteiger partial charge on any atom is 0.253 e. The average molecular weight is 204 g/mol. The third-order valence-electron chi connectivity index (χ3n) is 2.47. The second kappa shape index (κ2) is 3.73. The van der Waals surface area contributed by atoms with Crippen molar-refractivity contribution in [3.8, 4) is 5.75 Å². The van der Waals surface area contributed by atoms with E-state index in [0.717, 1.165) is 17.0 Å². The standard InChI is InChI=1S/C11H12N2O2/c1-7-10(11(14)13-12-7)8-3-5-9(15-2)6-4-8/h3-6,10H,1-2H3,(H,13,14). The highest BCUT2D eigenvalue weighted by atomic mass is 16.5. The SMILES string of the molecule is COc1ccc(C2C(=O)NN=C2C)cc1. The van der Waals surface area contributed by atoms with Gasteiger partial charge in [0, 0.05) is 0 Å². The Morgan fingerprint density at radius 3 is 2.47 bits per heavy atom. The van der Waals surface area contributed by atoms with Crippen molar-refractivity contribution in [1.82, 2.24) is 5.43 Å². The highest BCUT2D eigenvalue weighted by Crippen LogP contribution is 2.23. The van der Waals surface area contributed by atoms with E-state index in [9.17, 15) is 4.79 Å². The summed E-state index contributed by atoms with van der Waals surface area (Å²) < 4.78 is 5.05. The molecule has 1 aliphatic rings. The van der Waals surface area contributed by atoms with E-state index in [0.29, 0.717) is 0 Å². The van der Waals surface area contributed by atoms with Crippen molar-refractivity contribution < 1.29 is 9.53 Å². The minimum atomic E-state index is -0.254. The van der Waals surface area contributed by atoms with Gasteiger partial charge in [0.1, 0.15) is 11.7 Å². The summed E-state index contributed by atoms with van der Waals surface area (Å²) in [7, 11) is 1.62. The lowest BCUT2D eigenvalue weighted by Crippen LogP contribution is -2.20. The Labute approximate surface area is 87.9 Å². The van der Waals surface area contributed by atoms with Crippen molar-refractivity contribution in [1.29, 1.82) is 0 Å². The molecule has 1 N–H and O–H groups in total. The van der Waals surface area contributed by atoms with Gasteiger partial charge in [0.25, 0.3) is 5.91 Å². The molecule has 78 valence electrons. The maximum atomic E-state index is 11.5. The first kappa shape index (κ1) is 9.71. The molecule has 15 heavy (non-hydrogen) atoms. The van der Waals surface area contributed by atoms with Gasteiger partial charge in [0.05, 0.1) is 12.8 Å². The molecule has 0 aliphatic carbocycles. The molecule has 1 heterocycles. The molecule has 0 radical (unpaired) electrons. The van der Waals surface area contributed by atoms with Gasteiger partial charge in [-0.2, -0.15) is 5.10 Å². The van der Waals surface area contributed by atoms with E-state index in [1.54, 1.807) is 7.11 Å². The zero-order chi connectivity index (χ0) is 10.8. The van der Waals surface area contributed by atoms with Crippen LogP contribution < -0.4 is 10.2 Å². The zero-order valence-corrected chi connectivity index (χ0v) is 8.65. The average Bonchev–Trinajstić information content (AvgIpc) is 2.59. The van der Waals surface area contributed by atoms with Crippen LogP contribution in [0.4, 0.5) is 0 Å². The van der Waals surface area contributed by atoms with Gasteiger partial charge in [-0.25, -0.2) is 5.43 Å². The molecule has 0 spiro atoms. The van der Waals surface area contributed by atoms with Crippen molar-refractivity contribution in [2.75, 3.05) is 7.11 Å². The molecule has 1 amide bonds. The van der Waals surface area contributed by atoms with Crippen LogP contribution in [0, 0.1) is 0 Å². The van der Waals surface area contributed by atoms with Crippen LogP contribution in [-0.4, -0.2) is 18.7 Å². The molecule has 1 aromatic rings. The number of hydrogen-bond acceptors (Lipinski definition) is 3. The number of nitrogens with one attached hydrogen (secondary N) is 1. The summed E-state index contributed by atoms with van der Waals surface area (Å²) in [5.74, 6) is 0.459. The normalized spacial score (nSPS) is 19.7. The summed E-state index contributed by atoms with van der Waals surface area (Å²) in [6, 6.07) is 7.45. The highest BCUT2D eigenvalue weighted by molar-refractivity contribution is 6.11. The first-order chi connectivity index (χ1) is 7.22. The van der Waals surface area contributed by atoms with Crippen molar-refractivity contribution in [2.24, 2.45) is 5.10 Å². The second-order valence-electron chi connectivity index (χ2n) is 3.44. The van der Waals surface area contributed by atoms with E-state index in [1.807, 2.05) is 31.2 Å². The lowest BCUT2D eigenvalue weighted by molar-refractivity contribution is -0.120. The van der Waals surface area contributed by atoms with E-state index in [-0.39, 0.29) is 11.8 Å². The fourth-order valence-electron chi connectivity index (χ4n) is 1.65. The van der Waals surface area contributed by atoms with Gasteiger partial charge in [0.2, 0.25) is 0 Å². The Morgan fingerprint density at radius 1 is 1.33 bits per heavy atom. The van der Waals surface area contributed by atoms with Crippen LogP contribution in [0.25, 0.3) is 0 Å². The lowest BCUT2D eigenvalue weighted by Gasteiger charge is -2.08. The van der Waals surface area contributed by atoms with Gasteiger partial charge in [-0.1, -0.05) is 12.1 Å². The minimum Gasteiger partial charge on any atom is -0.497 e.